The van der Waals surface area contributed by atoms with Crippen LogP contribution in [-0.2, 0) is 0 Å². The number of ether oxygens (including phenoxy) is 1. The van der Waals surface area contributed by atoms with Gasteiger partial charge in [-0.1, -0.05) is 25.4 Å². The average Bonchev–Trinajstić information content (AvgIpc) is 1.99. The van der Waals surface area contributed by atoms with Gasteiger partial charge in [-0.2, -0.15) is 0 Å². The zero-order valence-electron chi connectivity index (χ0n) is 10.1. The molecule has 72 valence electrons. The van der Waals surface area contributed by atoms with Crippen molar-refractivity contribution in [2.75, 3.05) is 6.56 Å². The highest BCUT2D eigenvalue weighted by Crippen LogP contribution is 2.25. The molecule has 0 atom stereocenters. The Morgan fingerprint density at radius 3 is 2.69 bits per heavy atom. The van der Waals surface area contributed by atoms with Crippen LogP contribution in [0.3, 0.4) is 0 Å². The Labute approximate surface area is 87.5 Å². The van der Waals surface area contributed by atoms with E-state index in [-0.39, 0.29) is 0 Å². The van der Waals surface area contributed by atoms with Gasteiger partial charge in [0, 0.05) is 5.02 Å². The van der Waals surface area contributed by atoms with E-state index in [1.165, 1.54) is 6.92 Å². The number of benzene rings is 1. The lowest BCUT2D eigenvalue weighted by Crippen LogP contribution is -1.94. The fraction of sp³-hybridized carbons (Fsp3) is 0.455. The van der Waals surface area contributed by atoms with Crippen LogP contribution in [0.1, 0.15) is 35.0 Å². The molecule has 0 aliphatic rings. The van der Waals surface area contributed by atoms with E-state index in [2.05, 4.69) is 13.8 Å². The van der Waals surface area contributed by atoms with Gasteiger partial charge in [0.2, 0.25) is 0 Å². The molecule has 2 heteroatoms. The Bertz CT molecular complexity index is 345. The molecule has 0 amide bonds. The monoisotopic (exact) mass is 200 g/mol. The number of halogens is 1. The first-order valence-corrected chi connectivity index (χ1v) is 4.65. The standard InChI is InChI=1S/C11H15ClO/c1-4-13-11-6-9(8(2)3)5-10(12)7-11/h5-8H,4H2,1-3H3/i4D2. The quantitative estimate of drug-likeness (QED) is 0.720. The summed E-state index contributed by atoms with van der Waals surface area (Å²) in [5, 5.41) is 0.570. The fourth-order valence-corrected chi connectivity index (χ4v) is 1.33. The predicted molar refractivity (Wildman–Crippen MR) is 56.7 cm³/mol. The van der Waals surface area contributed by atoms with Gasteiger partial charge in [-0.3, -0.25) is 0 Å². The largest absolute Gasteiger partial charge is 0.494 e. The van der Waals surface area contributed by atoms with E-state index in [0.29, 0.717) is 16.7 Å². The molecule has 0 heterocycles. The Morgan fingerprint density at radius 2 is 2.15 bits per heavy atom. The van der Waals surface area contributed by atoms with E-state index in [9.17, 15) is 0 Å². The van der Waals surface area contributed by atoms with Gasteiger partial charge in [0.15, 0.2) is 0 Å². The summed E-state index contributed by atoms with van der Waals surface area (Å²) < 4.78 is 19.8. The van der Waals surface area contributed by atoms with Crippen molar-refractivity contribution in [2.24, 2.45) is 0 Å². The van der Waals surface area contributed by atoms with E-state index in [1.54, 1.807) is 6.07 Å². The molecule has 0 fully saturated rings. The normalized spacial score (nSPS) is 13.9. The highest BCUT2D eigenvalue weighted by molar-refractivity contribution is 6.30. The third-order valence-corrected chi connectivity index (χ3v) is 2.00. The molecule has 0 unspecified atom stereocenters. The van der Waals surface area contributed by atoms with Crippen molar-refractivity contribution in [1.82, 2.24) is 0 Å². The third kappa shape index (κ3) is 2.92. The van der Waals surface area contributed by atoms with Crippen LogP contribution in [0.2, 0.25) is 5.02 Å². The van der Waals surface area contributed by atoms with Crippen molar-refractivity contribution in [3.63, 3.8) is 0 Å². The summed E-state index contributed by atoms with van der Waals surface area (Å²) in [4.78, 5) is 0. The first-order valence-electron chi connectivity index (χ1n) is 5.27. The molecule has 0 aliphatic heterocycles. The van der Waals surface area contributed by atoms with Gasteiger partial charge in [0.25, 0.3) is 0 Å². The summed E-state index contributed by atoms with van der Waals surface area (Å²) in [6, 6.07) is 5.30. The number of hydrogen-bond donors (Lipinski definition) is 0. The van der Waals surface area contributed by atoms with Crippen molar-refractivity contribution in [3.05, 3.63) is 28.8 Å². The molecule has 0 spiro atoms. The molecular formula is C11H15ClO. The highest BCUT2D eigenvalue weighted by atomic mass is 35.5. The fourth-order valence-electron chi connectivity index (χ4n) is 1.09. The third-order valence-electron chi connectivity index (χ3n) is 1.78. The Balaban J connectivity index is 2.99. The van der Waals surface area contributed by atoms with Crippen LogP contribution in [0.5, 0.6) is 5.75 Å². The van der Waals surface area contributed by atoms with Crippen LogP contribution >= 0.6 is 11.6 Å². The van der Waals surface area contributed by atoms with Gasteiger partial charge in [-0.15, -0.1) is 0 Å². The topological polar surface area (TPSA) is 9.23 Å². The minimum atomic E-state index is -1.68. The number of rotatable bonds is 3. The van der Waals surface area contributed by atoms with Crippen molar-refractivity contribution < 1.29 is 7.48 Å². The summed E-state index contributed by atoms with van der Waals surface area (Å²) in [5.74, 6) is 0.812. The molecule has 0 bridgehead atoms. The second-order valence-corrected chi connectivity index (χ2v) is 3.62. The molecule has 1 rings (SSSR count). The van der Waals surface area contributed by atoms with Crippen molar-refractivity contribution in [2.45, 2.75) is 26.7 Å². The molecule has 1 aromatic carbocycles. The summed E-state index contributed by atoms with van der Waals surface area (Å²) >= 11 is 5.92. The first-order chi connectivity index (χ1) is 6.78. The van der Waals surface area contributed by atoms with E-state index in [1.807, 2.05) is 12.1 Å². The van der Waals surface area contributed by atoms with Gasteiger partial charge in [0.05, 0.1) is 9.30 Å². The second-order valence-electron chi connectivity index (χ2n) is 3.18. The van der Waals surface area contributed by atoms with Gasteiger partial charge in [-0.25, -0.2) is 0 Å². The maximum atomic E-state index is 7.32. The van der Waals surface area contributed by atoms with E-state index >= 15 is 0 Å². The van der Waals surface area contributed by atoms with Crippen LogP contribution in [0, 0.1) is 0 Å². The summed E-state index contributed by atoms with van der Waals surface area (Å²) in [6.45, 7) is 3.79. The van der Waals surface area contributed by atoms with Gasteiger partial charge in [-0.05, 0) is 36.6 Å². The van der Waals surface area contributed by atoms with Crippen LogP contribution in [0.4, 0.5) is 0 Å². The highest BCUT2D eigenvalue weighted by Gasteiger charge is 2.03. The zero-order valence-corrected chi connectivity index (χ0v) is 8.85. The van der Waals surface area contributed by atoms with E-state index in [0.717, 1.165) is 5.56 Å². The second kappa shape index (κ2) is 4.52. The smallest absolute Gasteiger partial charge is 0.121 e. The van der Waals surface area contributed by atoms with Crippen LogP contribution in [0.15, 0.2) is 18.2 Å². The van der Waals surface area contributed by atoms with Crippen LogP contribution < -0.4 is 4.74 Å². The molecule has 1 nitrogen and oxygen atoms in total. The predicted octanol–water partition coefficient (Wildman–Crippen LogP) is 3.86. The lowest BCUT2D eigenvalue weighted by molar-refractivity contribution is 0.340. The van der Waals surface area contributed by atoms with E-state index in [4.69, 9.17) is 19.1 Å². The minimum Gasteiger partial charge on any atom is -0.494 e. The molecule has 0 aliphatic carbocycles. The molecule has 0 saturated carbocycles. The molecular weight excluding hydrogens is 184 g/mol. The summed E-state index contributed by atoms with van der Waals surface area (Å²) in [7, 11) is 0. The Kier molecular flexibility index (Phi) is 2.67. The van der Waals surface area contributed by atoms with Gasteiger partial charge < -0.3 is 4.74 Å². The van der Waals surface area contributed by atoms with Gasteiger partial charge in [0.1, 0.15) is 5.75 Å². The Morgan fingerprint density at radius 1 is 1.46 bits per heavy atom. The van der Waals surface area contributed by atoms with E-state index < -0.39 is 6.56 Å². The van der Waals surface area contributed by atoms with Crippen molar-refractivity contribution in [3.8, 4) is 5.75 Å². The minimum absolute atomic E-state index is 0.341. The van der Waals surface area contributed by atoms with Gasteiger partial charge >= 0.3 is 0 Å². The maximum absolute atomic E-state index is 7.32. The molecule has 0 aromatic heterocycles. The van der Waals surface area contributed by atoms with Crippen molar-refractivity contribution >= 4 is 11.6 Å². The molecule has 0 N–H and O–H groups in total. The van der Waals surface area contributed by atoms with Crippen LogP contribution in [-0.4, -0.2) is 6.56 Å². The first kappa shape index (κ1) is 7.69. The molecule has 0 radical (unpaired) electrons. The lowest BCUT2D eigenvalue weighted by Gasteiger charge is -2.09. The molecule has 1 aromatic rings. The molecule has 13 heavy (non-hydrogen) atoms. The maximum Gasteiger partial charge on any atom is 0.121 e. The number of hydrogen-bond acceptors (Lipinski definition) is 1. The average molecular weight is 201 g/mol. The van der Waals surface area contributed by atoms with Crippen molar-refractivity contribution in [1.29, 1.82) is 0 Å². The molecule has 0 saturated heterocycles. The summed E-state index contributed by atoms with van der Waals surface area (Å²) in [6.07, 6.45) is 0. The SMILES string of the molecule is [2H]C([2H])(C)Oc1cc(Cl)cc(C(C)C)c1. The summed E-state index contributed by atoms with van der Waals surface area (Å²) in [5.41, 5.74) is 1.04. The Hall–Kier alpha value is -0.690. The van der Waals surface area contributed by atoms with Crippen LogP contribution in [0.25, 0.3) is 0 Å². The zero-order chi connectivity index (χ0) is 11.6. The lowest BCUT2D eigenvalue weighted by atomic mass is 10.0.